The van der Waals surface area contributed by atoms with Gasteiger partial charge in [-0.15, -0.1) is 0 Å². The molecule has 0 N–H and O–H groups in total. The molecular formula is C30H34BrNO6. The molecule has 3 aromatic carbocycles. The fourth-order valence-electron chi connectivity index (χ4n) is 4.83. The van der Waals surface area contributed by atoms with Crippen molar-refractivity contribution in [2.24, 2.45) is 0 Å². The van der Waals surface area contributed by atoms with Crippen molar-refractivity contribution < 1.29 is 28.5 Å². The number of nitrogens with zero attached hydrogens (tertiary/aromatic N) is 1. The highest BCUT2D eigenvalue weighted by Crippen LogP contribution is 2.41. The first-order chi connectivity index (χ1) is 18.5. The molecule has 8 heteroatoms. The van der Waals surface area contributed by atoms with E-state index in [9.17, 15) is 4.79 Å². The lowest BCUT2D eigenvalue weighted by Gasteiger charge is -2.37. The molecule has 0 aliphatic carbocycles. The number of hydrogen-bond donors (Lipinski definition) is 0. The quantitative estimate of drug-likeness (QED) is 0.263. The summed E-state index contributed by atoms with van der Waals surface area (Å²) in [4.78, 5) is 14.8. The van der Waals surface area contributed by atoms with Crippen LogP contribution in [-0.2, 0) is 24.2 Å². The number of halogens is 1. The molecule has 0 saturated carbocycles. The Morgan fingerprint density at radius 2 is 1.63 bits per heavy atom. The minimum Gasteiger partial charge on any atom is -0.493 e. The number of aryl methyl sites for hydroxylation is 1. The van der Waals surface area contributed by atoms with Crippen molar-refractivity contribution in [2.75, 3.05) is 34.5 Å². The Morgan fingerprint density at radius 3 is 2.32 bits per heavy atom. The van der Waals surface area contributed by atoms with Gasteiger partial charge >= 0.3 is 6.09 Å². The second kappa shape index (κ2) is 12.9. The molecule has 0 aromatic heterocycles. The summed E-state index contributed by atoms with van der Waals surface area (Å²) in [6.07, 6.45) is 1.79. The number of benzene rings is 3. The highest BCUT2D eigenvalue weighted by atomic mass is 79.9. The van der Waals surface area contributed by atoms with Gasteiger partial charge in [-0.2, -0.15) is 0 Å². The van der Waals surface area contributed by atoms with Gasteiger partial charge in [0.05, 0.1) is 34.0 Å². The summed E-state index contributed by atoms with van der Waals surface area (Å²) in [6, 6.07) is 17.8. The maximum Gasteiger partial charge on any atom is 0.410 e. The smallest absolute Gasteiger partial charge is 0.410 e. The second-order valence-corrected chi connectivity index (χ2v) is 9.83. The molecule has 202 valence electrons. The predicted octanol–water partition coefficient (Wildman–Crippen LogP) is 6.74. The van der Waals surface area contributed by atoms with Crippen LogP contribution in [0.3, 0.4) is 0 Å². The fraction of sp³-hybridized carbons (Fsp3) is 0.367. The minimum atomic E-state index is -0.308. The van der Waals surface area contributed by atoms with Crippen LogP contribution in [0, 0.1) is 0 Å². The van der Waals surface area contributed by atoms with Crippen LogP contribution in [0.5, 0.6) is 23.0 Å². The summed E-state index contributed by atoms with van der Waals surface area (Å²) >= 11 is 3.67. The first kappa shape index (κ1) is 27.6. The summed E-state index contributed by atoms with van der Waals surface area (Å²) in [5.74, 6) is 2.66. The van der Waals surface area contributed by atoms with Crippen LogP contribution in [0.4, 0.5) is 4.79 Å². The van der Waals surface area contributed by atoms with Gasteiger partial charge in [0.1, 0.15) is 6.61 Å². The Bertz CT molecular complexity index is 1250. The average Bonchev–Trinajstić information content (AvgIpc) is 2.95. The monoisotopic (exact) mass is 583 g/mol. The van der Waals surface area contributed by atoms with Crippen molar-refractivity contribution in [3.63, 3.8) is 0 Å². The molecule has 1 aliphatic rings. The van der Waals surface area contributed by atoms with Crippen LogP contribution in [0.25, 0.3) is 0 Å². The number of rotatable bonds is 10. The van der Waals surface area contributed by atoms with Crippen molar-refractivity contribution in [1.82, 2.24) is 4.90 Å². The predicted molar refractivity (Wildman–Crippen MR) is 150 cm³/mol. The minimum absolute atomic E-state index is 0.192. The number of ether oxygens (including phenoxy) is 5. The lowest BCUT2D eigenvalue weighted by Crippen LogP contribution is -2.40. The van der Waals surface area contributed by atoms with E-state index < -0.39 is 0 Å². The van der Waals surface area contributed by atoms with E-state index in [4.69, 9.17) is 23.7 Å². The maximum absolute atomic E-state index is 13.0. The molecule has 1 heterocycles. The molecule has 0 saturated heterocycles. The number of fused-ring (bicyclic) bond motifs is 1. The number of hydrogen-bond acceptors (Lipinski definition) is 6. The van der Waals surface area contributed by atoms with E-state index in [0.717, 1.165) is 26.7 Å². The number of amides is 1. The van der Waals surface area contributed by atoms with Gasteiger partial charge in [0.25, 0.3) is 0 Å². The summed E-state index contributed by atoms with van der Waals surface area (Å²) in [7, 11) is 4.89. The third-order valence-electron chi connectivity index (χ3n) is 6.76. The first-order valence-corrected chi connectivity index (χ1v) is 13.5. The van der Waals surface area contributed by atoms with E-state index >= 15 is 0 Å². The molecule has 1 amide bonds. The van der Waals surface area contributed by atoms with E-state index in [-0.39, 0.29) is 12.1 Å². The Hall–Kier alpha value is -3.39. The largest absolute Gasteiger partial charge is 0.493 e. The van der Waals surface area contributed by atoms with Gasteiger partial charge < -0.3 is 28.6 Å². The molecule has 4 rings (SSSR count). The van der Waals surface area contributed by atoms with Gasteiger partial charge in [0.15, 0.2) is 23.0 Å². The lowest BCUT2D eigenvalue weighted by molar-refractivity contribution is 0.0843. The number of carbonyl (C=O) groups is 1. The third kappa shape index (κ3) is 6.18. The van der Waals surface area contributed by atoms with Gasteiger partial charge in [-0.05, 0) is 72.7 Å². The normalized spacial score (nSPS) is 14.4. The summed E-state index contributed by atoms with van der Waals surface area (Å²) in [5, 5.41) is 0. The molecule has 3 aromatic rings. The maximum atomic E-state index is 13.0. The molecule has 0 radical (unpaired) electrons. The average molecular weight is 585 g/mol. The van der Waals surface area contributed by atoms with Gasteiger partial charge in [0, 0.05) is 11.0 Å². The Morgan fingerprint density at radius 1 is 0.947 bits per heavy atom. The SMILES string of the molecule is CCOC(=O)N1CCc2cc(OC)c(OCc3ccccc3)cc2C1CCc1cc(OC)c(OC)cc1Br. The van der Waals surface area contributed by atoms with Crippen LogP contribution < -0.4 is 18.9 Å². The van der Waals surface area contributed by atoms with Crippen molar-refractivity contribution in [2.45, 2.75) is 38.8 Å². The highest BCUT2D eigenvalue weighted by Gasteiger charge is 2.33. The van der Waals surface area contributed by atoms with E-state index in [2.05, 4.69) is 15.9 Å². The molecular weight excluding hydrogens is 550 g/mol. The second-order valence-electron chi connectivity index (χ2n) is 8.97. The molecule has 1 atom stereocenters. The molecule has 0 spiro atoms. The van der Waals surface area contributed by atoms with Gasteiger partial charge in [-0.3, -0.25) is 0 Å². The zero-order valence-electron chi connectivity index (χ0n) is 22.3. The first-order valence-electron chi connectivity index (χ1n) is 12.7. The van der Waals surface area contributed by atoms with Crippen LogP contribution in [-0.4, -0.2) is 45.5 Å². The summed E-state index contributed by atoms with van der Waals surface area (Å²) in [6.45, 7) is 3.13. The van der Waals surface area contributed by atoms with Crippen LogP contribution in [0.1, 0.15) is 41.6 Å². The van der Waals surface area contributed by atoms with Crippen molar-refractivity contribution >= 4 is 22.0 Å². The fourth-order valence-corrected chi connectivity index (χ4v) is 5.35. The lowest BCUT2D eigenvalue weighted by atomic mass is 9.88. The zero-order valence-corrected chi connectivity index (χ0v) is 23.9. The van der Waals surface area contributed by atoms with E-state index in [1.165, 1.54) is 0 Å². The van der Waals surface area contributed by atoms with Crippen molar-refractivity contribution in [3.8, 4) is 23.0 Å². The molecule has 0 fully saturated rings. The van der Waals surface area contributed by atoms with Crippen LogP contribution >= 0.6 is 15.9 Å². The topological polar surface area (TPSA) is 66.5 Å². The molecule has 7 nitrogen and oxygen atoms in total. The summed E-state index contributed by atoms with van der Waals surface area (Å²) < 4.78 is 29.2. The summed E-state index contributed by atoms with van der Waals surface area (Å²) in [5.41, 5.74) is 4.32. The standard InChI is InChI=1S/C30H34BrNO6/c1-5-37-30(33)32-14-13-21-15-27(35-3)29(38-19-20-9-7-6-8-10-20)17-23(21)25(32)12-11-22-16-26(34-2)28(36-4)18-24(22)31/h6-10,15-18,25H,5,11-14,19H2,1-4H3. The third-order valence-corrected chi connectivity index (χ3v) is 7.50. The van der Waals surface area contributed by atoms with Crippen LogP contribution in [0.2, 0.25) is 0 Å². The zero-order chi connectivity index (χ0) is 27.1. The number of carbonyl (C=O) groups excluding carboxylic acids is 1. The van der Waals surface area contributed by atoms with Crippen LogP contribution in [0.15, 0.2) is 59.1 Å². The van der Waals surface area contributed by atoms with Gasteiger partial charge in [-0.25, -0.2) is 4.79 Å². The molecule has 0 bridgehead atoms. The van der Waals surface area contributed by atoms with E-state index in [1.807, 2.05) is 66.4 Å². The Balaban J connectivity index is 1.66. The Labute approximate surface area is 232 Å². The van der Waals surface area contributed by atoms with Gasteiger partial charge in [-0.1, -0.05) is 46.3 Å². The molecule has 1 aliphatic heterocycles. The van der Waals surface area contributed by atoms with Crippen molar-refractivity contribution in [3.05, 3.63) is 81.3 Å². The van der Waals surface area contributed by atoms with E-state index in [0.29, 0.717) is 62.0 Å². The van der Waals surface area contributed by atoms with E-state index in [1.54, 1.807) is 21.3 Å². The molecule has 38 heavy (non-hydrogen) atoms. The Kier molecular flexibility index (Phi) is 9.39. The highest BCUT2D eigenvalue weighted by molar-refractivity contribution is 9.10. The molecule has 1 unspecified atom stereocenters. The van der Waals surface area contributed by atoms with Crippen molar-refractivity contribution in [1.29, 1.82) is 0 Å². The van der Waals surface area contributed by atoms with Gasteiger partial charge in [0.2, 0.25) is 0 Å². The number of methoxy groups -OCH3 is 3.